The molecule has 1 aliphatic rings. The molecule has 0 spiro atoms. The normalized spacial score (nSPS) is 19.1. The number of hydrogen-bond donors (Lipinski definition) is 2. The number of carbonyl (C=O) groups is 1. The van der Waals surface area contributed by atoms with Crippen LogP contribution in [-0.2, 0) is 4.79 Å². The van der Waals surface area contributed by atoms with Crippen molar-refractivity contribution < 1.29 is 4.79 Å². The third-order valence-corrected chi connectivity index (χ3v) is 3.25. The summed E-state index contributed by atoms with van der Waals surface area (Å²) in [4.78, 5) is 13.3. The molecule has 0 radical (unpaired) electrons. The van der Waals surface area contributed by atoms with E-state index in [0.717, 1.165) is 6.54 Å². The lowest BCUT2D eigenvalue weighted by Crippen LogP contribution is -2.57. The van der Waals surface area contributed by atoms with Crippen molar-refractivity contribution in [1.82, 2.24) is 15.5 Å². The number of nitrogens with one attached hydrogen (secondary N) is 2. The summed E-state index contributed by atoms with van der Waals surface area (Å²) in [6, 6.07) is 0. The summed E-state index contributed by atoms with van der Waals surface area (Å²) >= 11 is 0. The first-order valence-electron chi connectivity index (χ1n) is 5.19. The van der Waals surface area contributed by atoms with Gasteiger partial charge in [-0.15, -0.1) is 0 Å². The van der Waals surface area contributed by atoms with Crippen LogP contribution in [0.15, 0.2) is 0 Å². The van der Waals surface area contributed by atoms with E-state index in [-0.39, 0.29) is 5.91 Å². The van der Waals surface area contributed by atoms with Gasteiger partial charge in [0.1, 0.15) is 0 Å². The van der Waals surface area contributed by atoms with E-state index in [1.807, 2.05) is 0 Å². The summed E-state index contributed by atoms with van der Waals surface area (Å²) in [6.45, 7) is 1.33. The Kier molecular flexibility index (Phi) is 3.89. The van der Waals surface area contributed by atoms with Crippen molar-refractivity contribution in [2.75, 3.05) is 34.2 Å². The molecule has 1 amide bonds. The van der Waals surface area contributed by atoms with Gasteiger partial charge in [-0.25, -0.2) is 0 Å². The number of hydrogen-bond acceptors (Lipinski definition) is 3. The molecule has 4 heteroatoms. The number of rotatable bonds is 5. The predicted octanol–water partition coefficient (Wildman–Crippen LogP) is -0.194. The van der Waals surface area contributed by atoms with Gasteiger partial charge in [-0.1, -0.05) is 0 Å². The fourth-order valence-corrected chi connectivity index (χ4v) is 1.86. The van der Waals surface area contributed by atoms with Gasteiger partial charge in [0.05, 0.1) is 6.54 Å². The highest BCUT2D eigenvalue weighted by atomic mass is 16.1. The van der Waals surface area contributed by atoms with Crippen LogP contribution in [0.25, 0.3) is 0 Å². The van der Waals surface area contributed by atoms with E-state index in [4.69, 9.17) is 0 Å². The average molecular weight is 199 g/mol. The second-order valence-corrected chi connectivity index (χ2v) is 4.25. The molecule has 0 bridgehead atoms. The van der Waals surface area contributed by atoms with Crippen LogP contribution in [0.1, 0.15) is 19.3 Å². The van der Waals surface area contributed by atoms with Crippen molar-refractivity contribution in [2.45, 2.75) is 24.8 Å². The molecule has 1 rings (SSSR count). The third-order valence-electron chi connectivity index (χ3n) is 3.25. The number of carbonyl (C=O) groups excluding carboxylic acids is 1. The van der Waals surface area contributed by atoms with Crippen LogP contribution in [-0.4, -0.2) is 50.6 Å². The van der Waals surface area contributed by atoms with Crippen LogP contribution in [0.5, 0.6) is 0 Å². The van der Waals surface area contributed by atoms with Gasteiger partial charge in [-0.05, 0) is 33.4 Å². The summed E-state index contributed by atoms with van der Waals surface area (Å²) in [6.07, 6.45) is 3.78. The maximum Gasteiger partial charge on any atom is 0.233 e. The smallest absolute Gasteiger partial charge is 0.233 e. The Labute approximate surface area is 86.0 Å². The Morgan fingerprint density at radius 3 is 2.43 bits per heavy atom. The minimum Gasteiger partial charge on any atom is -0.358 e. The first-order valence-corrected chi connectivity index (χ1v) is 5.19. The Bertz CT molecular complexity index is 200. The van der Waals surface area contributed by atoms with Gasteiger partial charge in [0.25, 0.3) is 0 Å². The van der Waals surface area contributed by atoms with Crippen molar-refractivity contribution >= 4 is 5.91 Å². The molecule has 0 atom stereocenters. The SMILES string of the molecule is CNC(=O)CNCC1(N(C)C)CCC1. The second-order valence-electron chi connectivity index (χ2n) is 4.25. The summed E-state index contributed by atoms with van der Waals surface area (Å²) in [5, 5.41) is 5.81. The molecule has 4 nitrogen and oxygen atoms in total. The molecule has 0 aromatic rings. The van der Waals surface area contributed by atoms with Gasteiger partial charge in [-0.2, -0.15) is 0 Å². The minimum atomic E-state index is 0.0539. The zero-order valence-corrected chi connectivity index (χ0v) is 9.39. The molecule has 1 saturated carbocycles. The lowest BCUT2D eigenvalue weighted by atomic mass is 9.75. The summed E-state index contributed by atoms with van der Waals surface area (Å²) in [5.74, 6) is 0.0539. The van der Waals surface area contributed by atoms with E-state index in [1.54, 1.807) is 7.05 Å². The van der Waals surface area contributed by atoms with Crippen LogP contribution in [0.3, 0.4) is 0 Å². The monoisotopic (exact) mass is 199 g/mol. The fraction of sp³-hybridized carbons (Fsp3) is 0.900. The summed E-state index contributed by atoms with van der Waals surface area (Å²) in [5.41, 5.74) is 0.300. The second kappa shape index (κ2) is 4.75. The molecule has 82 valence electrons. The van der Waals surface area contributed by atoms with E-state index in [1.165, 1.54) is 19.3 Å². The van der Waals surface area contributed by atoms with Crippen molar-refractivity contribution in [3.05, 3.63) is 0 Å². The molecular formula is C10H21N3O. The lowest BCUT2D eigenvalue weighted by Gasteiger charge is -2.47. The highest BCUT2D eigenvalue weighted by molar-refractivity contribution is 5.77. The highest BCUT2D eigenvalue weighted by Crippen LogP contribution is 2.35. The molecular weight excluding hydrogens is 178 g/mol. The Hall–Kier alpha value is -0.610. The van der Waals surface area contributed by atoms with E-state index in [2.05, 4.69) is 29.6 Å². The van der Waals surface area contributed by atoms with Gasteiger partial charge in [-0.3, -0.25) is 4.79 Å². The van der Waals surface area contributed by atoms with Crippen molar-refractivity contribution in [2.24, 2.45) is 0 Å². The third kappa shape index (κ3) is 2.45. The number of amides is 1. The molecule has 0 unspecified atom stereocenters. The van der Waals surface area contributed by atoms with E-state index < -0.39 is 0 Å². The Morgan fingerprint density at radius 2 is 2.07 bits per heavy atom. The first kappa shape index (κ1) is 11.5. The van der Waals surface area contributed by atoms with Gasteiger partial charge in [0.15, 0.2) is 0 Å². The zero-order chi connectivity index (χ0) is 10.6. The van der Waals surface area contributed by atoms with Crippen molar-refractivity contribution in [1.29, 1.82) is 0 Å². The maximum atomic E-state index is 11.0. The molecule has 0 aromatic carbocycles. The van der Waals surface area contributed by atoms with Crippen LogP contribution < -0.4 is 10.6 Å². The summed E-state index contributed by atoms with van der Waals surface area (Å²) < 4.78 is 0. The van der Waals surface area contributed by atoms with Crippen LogP contribution >= 0.6 is 0 Å². The quantitative estimate of drug-likeness (QED) is 0.645. The largest absolute Gasteiger partial charge is 0.358 e. The van der Waals surface area contributed by atoms with Gasteiger partial charge >= 0.3 is 0 Å². The zero-order valence-electron chi connectivity index (χ0n) is 9.39. The van der Waals surface area contributed by atoms with Crippen LogP contribution in [0.4, 0.5) is 0 Å². The summed E-state index contributed by atoms with van der Waals surface area (Å²) in [7, 11) is 5.89. The van der Waals surface area contributed by atoms with E-state index >= 15 is 0 Å². The first-order chi connectivity index (χ1) is 6.60. The van der Waals surface area contributed by atoms with Gasteiger partial charge in [0, 0.05) is 19.1 Å². The average Bonchev–Trinajstić information content (AvgIpc) is 2.08. The topological polar surface area (TPSA) is 44.4 Å². The van der Waals surface area contributed by atoms with Crippen LogP contribution in [0, 0.1) is 0 Å². The van der Waals surface area contributed by atoms with E-state index in [9.17, 15) is 4.79 Å². The molecule has 0 saturated heterocycles. The van der Waals surface area contributed by atoms with Crippen molar-refractivity contribution in [3.8, 4) is 0 Å². The number of nitrogens with zero attached hydrogens (tertiary/aromatic N) is 1. The molecule has 1 aliphatic carbocycles. The predicted molar refractivity (Wildman–Crippen MR) is 57.2 cm³/mol. The molecule has 1 fully saturated rings. The molecule has 0 aromatic heterocycles. The Balaban J connectivity index is 2.25. The van der Waals surface area contributed by atoms with Gasteiger partial charge < -0.3 is 15.5 Å². The fourth-order valence-electron chi connectivity index (χ4n) is 1.86. The van der Waals surface area contributed by atoms with Crippen molar-refractivity contribution in [3.63, 3.8) is 0 Å². The lowest BCUT2D eigenvalue weighted by molar-refractivity contribution is -0.119. The molecule has 14 heavy (non-hydrogen) atoms. The van der Waals surface area contributed by atoms with E-state index in [0.29, 0.717) is 12.1 Å². The maximum absolute atomic E-state index is 11.0. The standard InChI is InChI=1S/C10H21N3O/c1-11-9(14)7-12-8-10(13(2)3)5-4-6-10/h12H,4-8H2,1-3H3,(H,11,14). The highest BCUT2D eigenvalue weighted by Gasteiger charge is 2.38. The van der Waals surface area contributed by atoms with Gasteiger partial charge in [0.2, 0.25) is 5.91 Å². The molecule has 0 heterocycles. The minimum absolute atomic E-state index is 0.0539. The Morgan fingerprint density at radius 1 is 1.43 bits per heavy atom. The molecule has 0 aliphatic heterocycles. The van der Waals surface area contributed by atoms with Crippen LogP contribution in [0.2, 0.25) is 0 Å². The molecule has 2 N–H and O–H groups in total. The number of likely N-dealkylation sites (N-methyl/N-ethyl adjacent to an activating group) is 2.